The van der Waals surface area contributed by atoms with Gasteiger partial charge in [-0.05, 0) is 25.1 Å². The normalized spacial score (nSPS) is 10.6. The van der Waals surface area contributed by atoms with Crippen LogP contribution in [0.25, 0.3) is 0 Å². The average Bonchev–Trinajstić information content (AvgIpc) is 2.74. The van der Waals surface area contributed by atoms with Gasteiger partial charge in [0.25, 0.3) is 0 Å². The van der Waals surface area contributed by atoms with Crippen molar-refractivity contribution >= 4 is 29.1 Å². The van der Waals surface area contributed by atoms with Crippen molar-refractivity contribution < 1.29 is 14.3 Å². The van der Waals surface area contributed by atoms with E-state index in [-0.39, 0.29) is 5.56 Å². The maximum Gasteiger partial charge on any atom is 0.338 e. The number of aryl methyl sites for hydroxylation is 1. The summed E-state index contributed by atoms with van der Waals surface area (Å²) in [5, 5.41) is 11.8. The number of carboxylic acids is 1. The van der Waals surface area contributed by atoms with Crippen molar-refractivity contribution in [2.45, 2.75) is 17.6 Å². The topological polar surface area (TPSA) is 50.2 Å². The first kappa shape index (κ1) is 13.0. The minimum Gasteiger partial charge on any atom is -0.478 e. The van der Waals surface area contributed by atoms with Gasteiger partial charge in [0.2, 0.25) is 0 Å². The molecule has 1 aromatic heterocycles. The monoisotopic (exact) mass is 283 g/mol. The molecule has 0 aliphatic heterocycles. The van der Waals surface area contributed by atoms with Gasteiger partial charge < -0.3 is 5.11 Å². The summed E-state index contributed by atoms with van der Waals surface area (Å²) in [6.07, 6.45) is 0. The molecular formula is C12H10FNO2S2. The van der Waals surface area contributed by atoms with Crippen LogP contribution < -0.4 is 0 Å². The van der Waals surface area contributed by atoms with Gasteiger partial charge in [-0.1, -0.05) is 0 Å². The molecule has 0 spiro atoms. The van der Waals surface area contributed by atoms with Gasteiger partial charge >= 0.3 is 5.97 Å². The molecule has 0 atom stereocenters. The molecule has 6 heteroatoms. The van der Waals surface area contributed by atoms with Gasteiger partial charge in [-0.3, -0.25) is 0 Å². The van der Waals surface area contributed by atoms with E-state index in [1.54, 1.807) is 17.4 Å². The highest BCUT2D eigenvalue weighted by atomic mass is 32.2. The lowest BCUT2D eigenvalue weighted by Gasteiger charge is -2.02. The number of hydrogen-bond donors (Lipinski definition) is 1. The van der Waals surface area contributed by atoms with E-state index in [1.165, 1.54) is 23.9 Å². The van der Waals surface area contributed by atoms with Crippen LogP contribution in [0.1, 0.15) is 21.1 Å². The number of thiazole rings is 1. The van der Waals surface area contributed by atoms with Crippen LogP contribution in [0.3, 0.4) is 0 Å². The van der Waals surface area contributed by atoms with Crippen molar-refractivity contribution in [3.63, 3.8) is 0 Å². The highest BCUT2D eigenvalue weighted by Gasteiger charge is 2.11. The van der Waals surface area contributed by atoms with E-state index in [0.717, 1.165) is 15.6 Å². The van der Waals surface area contributed by atoms with Crippen LogP contribution >= 0.6 is 23.1 Å². The maximum atomic E-state index is 13.2. The Balaban J connectivity index is 2.10. The van der Waals surface area contributed by atoms with Crippen LogP contribution in [0.2, 0.25) is 0 Å². The fraction of sp³-hybridized carbons (Fsp3) is 0.167. The number of aromatic carboxylic acids is 1. The molecule has 0 saturated carbocycles. The van der Waals surface area contributed by atoms with Gasteiger partial charge in [-0.2, -0.15) is 0 Å². The van der Waals surface area contributed by atoms with Gasteiger partial charge in [0.05, 0.1) is 11.3 Å². The van der Waals surface area contributed by atoms with E-state index < -0.39 is 11.8 Å². The summed E-state index contributed by atoms with van der Waals surface area (Å²) >= 11 is 3.01. The summed E-state index contributed by atoms with van der Waals surface area (Å²) in [7, 11) is 0. The van der Waals surface area contributed by atoms with E-state index in [4.69, 9.17) is 5.11 Å². The van der Waals surface area contributed by atoms with E-state index in [1.807, 2.05) is 12.3 Å². The number of benzene rings is 1. The maximum absolute atomic E-state index is 13.2. The lowest BCUT2D eigenvalue weighted by atomic mass is 10.2. The molecule has 0 saturated heterocycles. The Morgan fingerprint density at radius 3 is 2.94 bits per heavy atom. The average molecular weight is 283 g/mol. The third-order valence-corrected chi connectivity index (χ3v) is 4.35. The van der Waals surface area contributed by atoms with Gasteiger partial charge in [0.1, 0.15) is 10.8 Å². The van der Waals surface area contributed by atoms with E-state index >= 15 is 0 Å². The van der Waals surface area contributed by atoms with Crippen LogP contribution in [0.15, 0.2) is 28.5 Å². The van der Waals surface area contributed by atoms with Crippen LogP contribution in [-0.2, 0) is 5.75 Å². The minimum absolute atomic E-state index is 0.296. The summed E-state index contributed by atoms with van der Waals surface area (Å²) in [5.41, 5.74) is 0.677. The molecule has 0 unspecified atom stereocenters. The second-order valence-corrected chi connectivity index (χ2v) is 5.61. The fourth-order valence-electron chi connectivity index (χ4n) is 1.37. The van der Waals surface area contributed by atoms with Crippen LogP contribution in [0.5, 0.6) is 0 Å². The summed E-state index contributed by atoms with van der Waals surface area (Å²) in [5.74, 6) is -1.31. The van der Waals surface area contributed by atoms with Crippen molar-refractivity contribution in [3.8, 4) is 0 Å². The van der Waals surface area contributed by atoms with Crippen molar-refractivity contribution in [2.24, 2.45) is 0 Å². The largest absolute Gasteiger partial charge is 0.478 e. The molecule has 2 rings (SSSR count). The summed E-state index contributed by atoms with van der Waals surface area (Å²) in [6, 6.07) is 4.11. The zero-order valence-corrected chi connectivity index (χ0v) is 11.1. The Kier molecular flexibility index (Phi) is 3.98. The molecule has 18 heavy (non-hydrogen) atoms. The van der Waals surface area contributed by atoms with Crippen LogP contribution in [0.4, 0.5) is 4.39 Å². The molecule has 94 valence electrons. The SMILES string of the molecule is Cc1csc(CSc2ccc(F)c(C(=O)O)c2)n1. The third-order valence-electron chi connectivity index (χ3n) is 2.20. The predicted octanol–water partition coefficient (Wildman–Crippen LogP) is 3.58. The zero-order valence-electron chi connectivity index (χ0n) is 9.51. The van der Waals surface area contributed by atoms with E-state index in [2.05, 4.69) is 4.98 Å². The first-order chi connectivity index (χ1) is 8.56. The molecule has 3 nitrogen and oxygen atoms in total. The number of aromatic nitrogens is 1. The Morgan fingerprint density at radius 2 is 2.33 bits per heavy atom. The third kappa shape index (κ3) is 3.08. The number of nitrogens with zero attached hydrogens (tertiary/aromatic N) is 1. The highest BCUT2D eigenvalue weighted by Crippen LogP contribution is 2.26. The first-order valence-electron chi connectivity index (χ1n) is 5.13. The van der Waals surface area contributed by atoms with E-state index in [0.29, 0.717) is 5.75 Å². The molecule has 2 aromatic rings. The molecule has 0 bridgehead atoms. The molecule has 1 heterocycles. The van der Waals surface area contributed by atoms with Crippen molar-refractivity contribution in [1.82, 2.24) is 4.98 Å². The lowest BCUT2D eigenvalue weighted by molar-refractivity contribution is 0.0691. The molecule has 1 N–H and O–H groups in total. The molecule has 0 radical (unpaired) electrons. The molecule has 0 aliphatic carbocycles. The lowest BCUT2D eigenvalue weighted by Crippen LogP contribution is -2.00. The number of carboxylic acid groups (broad SMARTS) is 1. The summed E-state index contributed by atoms with van der Waals surface area (Å²) in [4.78, 5) is 15.8. The number of carbonyl (C=O) groups is 1. The van der Waals surface area contributed by atoms with Crippen LogP contribution in [-0.4, -0.2) is 16.1 Å². The number of rotatable bonds is 4. The Hall–Kier alpha value is -1.40. The second kappa shape index (κ2) is 5.49. The molecule has 0 fully saturated rings. The predicted molar refractivity (Wildman–Crippen MR) is 69.8 cm³/mol. The van der Waals surface area contributed by atoms with Gasteiger partial charge in [0.15, 0.2) is 0 Å². The number of hydrogen-bond acceptors (Lipinski definition) is 4. The smallest absolute Gasteiger partial charge is 0.338 e. The van der Waals surface area contributed by atoms with E-state index in [9.17, 15) is 9.18 Å². The van der Waals surface area contributed by atoms with Crippen LogP contribution in [0, 0.1) is 12.7 Å². The Morgan fingerprint density at radius 1 is 1.56 bits per heavy atom. The Bertz CT molecular complexity index is 583. The first-order valence-corrected chi connectivity index (χ1v) is 6.99. The van der Waals surface area contributed by atoms with Gasteiger partial charge in [0, 0.05) is 16.0 Å². The standard InChI is InChI=1S/C12H10FNO2S2/c1-7-5-18-11(14-7)6-17-8-2-3-10(13)9(4-8)12(15)16/h2-5H,6H2,1H3,(H,15,16). The van der Waals surface area contributed by atoms with Crippen molar-refractivity contribution in [2.75, 3.05) is 0 Å². The van der Waals surface area contributed by atoms with Gasteiger partial charge in [-0.15, -0.1) is 23.1 Å². The molecular weight excluding hydrogens is 273 g/mol. The highest BCUT2D eigenvalue weighted by molar-refractivity contribution is 7.98. The number of halogens is 1. The minimum atomic E-state index is -1.25. The quantitative estimate of drug-likeness (QED) is 0.871. The molecule has 1 aromatic carbocycles. The summed E-state index contributed by atoms with van der Waals surface area (Å²) in [6.45, 7) is 1.92. The zero-order chi connectivity index (χ0) is 13.1. The van der Waals surface area contributed by atoms with Crippen molar-refractivity contribution in [3.05, 3.63) is 45.7 Å². The van der Waals surface area contributed by atoms with Crippen molar-refractivity contribution in [1.29, 1.82) is 0 Å². The van der Waals surface area contributed by atoms with Gasteiger partial charge in [-0.25, -0.2) is 14.2 Å². The molecule has 0 amide bonds. The second-order valence-electron chi connectivity index (χ2n) is 3.62. The number of thioether (sulfide) groups is 1. The Labute approximate surface area is 112 Å². The summed E-state index contributed by atoms with van der Waals surface area (Å²) < 4.78 is 13.2. The fourth-order valence-corrected chi connectivity index (χ4v) is 3.10. The molecule has 0 aliphatic rings.